The van der Waals surface area contributed by atoms with Crippen molar-refractivity contribution in [2.45, 2.75) is 32.5 Å². The summed E-state index contributed by atoms with van der Waals surface area (Å²) in [6.45, 7) is 5.00. The van der Waals surface area contributed by atoms with E-state index in [0.29, 0.717) is 16.9 Å². The molecule has 2 rings (SSSR count). The monoisotopic (exact) mass is 328 g/mol. The van der Waals surface area contributed by atoms with Crippen LogP contribution in [0, 0.1) is 0 Å². The van der Waals surface area contributed by atoms with Crippen LogP contribution in [0.5, 0.6) is 0 Å². The summed E-state index contributed by atoms with van der Waals surface area (Å²) in [5, 5.41) is 0. The molecule has 0 aliphatic carbocycles. The molecule has 0 aliphatic heterocycles. The molecule has 2 nitrogen and oxygen atoms in total. The van der Waals surface area contributed by atoms with Gasteiger partial charge in [0, 0.05) is 5.56 Å². The first kappa shape index (κ1) is 16.5. The van der Waals surface area contributed by atoms with Crippen LogP contribution in [0.3, 0.4) is 0 Å². The van der Waals surface area contributed by atoms with E-state index in [1.54, 1.807) is 51.1 Å². The van der Waals surface area contributed by atoms with Crippen molar-refractivity contribution in [1.82, 2.24) is 0 Å². The molecule has 22 heavy (non-hydrogen) atoms. The molecule has 0 amide bonds. The lowest BCUT2D eigenvalue weighted by molar-refractivity contribution is -0.133. The largest absolute Gasteiger partial charge is 0.456 e. The standard InChI is InChI=1S/C16H15F3O2S/c1-15(2,3)21-14(20)12-9-11(10-7-5-4-6-8-10)13(22-12)16(17,18)19/h4-9H,1-3H3. The quantitative estimate of drug-likeness (QED) is 0.691. The lowest BCUT2D eigenvalue weighted by Crippen LogP contribution is -2.23. The van der Waals surface area contributed by atoms with E-state index in [9.17, 15) is 18.0 Å². The number of benzene rings is 1. The number of thiophene rings is 1. The molecule has 0 saturated heterocycles. The van der Waals surface area contributed by atoms with E-state index in [1.165, 1.54) is 6.07 Å². The maximum Gasteiger partial charge on any atom is 0.426 e. The van der Waals surface area contributed by atoms with Gasteiger partial charge in [-0.15, -0.1) is 11.3 Å². The number of esters is 1. The Morgan fingerprint density at radius 3 is 2.18 bits per heavy atom. The molecular weight excluding hydrogens is 313 g/mol. The summed E-state index contributed by atoms with van der Waals surface area (Å²) in [7, 11) is 0. The fourth-order valence-corrected chi connectivity index (χ4v) is 2.79. The van der Waals surface area contributed by atoms with Crippen molar-refractivity contribution < 1.29 is 22.7 Å². The minimum Gasteiger partial charge on any atom is -0.456 e. The van der Waals surface area contributed by atoms with Crippen molar-refractivity contribution in [2.75, 3.05) is 0 Å². The number of rotatable bonds is 2. The summed E-state index contributed by atoms with van der Waals surface area (Å²) in [6, 6.07) is 9.43. The molecule has 0 aliphatic rings. The van der Waals surface area contributed by atoms with Crippen LogP contribution in [0.4, 0.5) is 13.2 Å². The maximum atomic E-state index is 13.2. The summed E-state index contributed by atoms with van der Waals surface area (Å²) in [5.74, 6) is -0.745. The highest BCUT2D eigenvalue weighted by atomic mass is 32.1. The zero-order valence-electron chi connectivity index (χ0n) is 12.3. The highest BCUT2D eigenvalue weighted by molar-refractivity contribution is 7.14. The number of alkyl halides is 3. The second kappa shape index (κ2) is 5.76. The molecule has 0 spiro atoms. The summed E-state index contributed by atoms with van der Waals surface area (Å²) >= 11 is 0.411. The van der Waals surface area contributed by atoms with E-state index in [1.807, 2.05) is 0 Å². The minimum atomic E-state index is -4.52. The van der Waals surface area contributed by atoms with Crippen LogP contribution in [0.1, 0.15) is 35.3 Å². The van der Waals surface area contributed by atoms with Gasteiger partial charge in [0.05, 0.1) is 0 Å². The van der Waals surface area contributed by atoms with Gasteiger partial charge in [0.15, 0.2) is 0 Å². The third kappa shape index (κ3) is 3.88. The number of hydrogen-bond donors (Lipinski definition) is 0. The van der Waals surface area contributed by atoms with E-state index in [-0.39, 0.29) is 10.4 Å². The highest BCUT2D eigenvalue weighted by Gasteiger charge is 2.37. The van der Waals surface area contributed by atoms with Gasteiger partial charge in [0.2, 0.25) is 0 Å². The van der Waals surface area contributed by atoms with Crippen molar-refractivity contribution in [3.8, 4) is 11.1 Å². The second-order valence-corrected chi connectivity index (χ2v) is 6.77. The van der Waals surface area contributed by atoms with E-state index in [4.69, 9.17) is 4.74 Å². The van der Waals surface area contributed by atoms with Gasteiger partial charge in [-0.25, -0.2) is 4.79 Å². The molecule has 1 aromatic heterocycles. The van der Waals surface area contributed by atoms with Crippen molar-refractivity contribution in [3.05, 3.63) is 46.2 Å². The first-order valence-electron chi connectivity index (χ1n) is 6.58. The summed E-state index contributed by atoms with van der Waals surface area (Å²) in [5.41, 5.74) is -0.341. The van der Waals surface area contributed by atoms with Crippen LogP contribution in [0.25, 0.3) is 11.1 Å². The van der Waals surface area contributed by atoms with Crippen LogP contribution >= 0.6 is 11.3 Å². The Balaban J connectivity index is 2.48. The van der Waals surface area contributed by atoms with E-state index in [2.05, 4.69) is 0 Å². The molecule has 1 aromatic carbocycles. The molecule has 2 aromatic rings. The Kier molecular flexibility index (Phi) is 4.33. The predicted molar refractivity (Wildman–Crippen MR) is 79.9 cm³/mol. The first-order valence-corrected chi connectivity index (χ1v) is 7.39. The van der Waals surface area contributed by atoms with Gasteiger partial charge >= 0.3 is 12.1 Å². The van der Waals surface area contributed by atoms with Gasteiger partial charge < -0.3 is 4.74 Å². The van der Waals surface area contributed by atoms with Gasteiger partial charge in [-0.2, -0.15) is 13.2 Å². The summed E-state index contributed by atoms with van der Waals surface area (Å²) in [6.07, 6.45) is -4.52. The zero-order valence-corrected chi connectivity index (χ0v) is 13.1. The van der Waals surface area contributed by atoms with Crippen LogP contribution in [0.15, 0.2) is 36.4 Å². The van der Waals surface area contributed by atoms with Crippen LogP contribution in [-0.4, -0.2) is 11.6 Å². The molecule has 0 saturated carbocycles. The van der Waals surface area contributed by atoms with Gasteiger partial charge in [-0.05, 0) is 32.4 Å². The van der Waals surface area contributed by atoms with Crippen molar-refractivity contribution in [3.63, 3.8) is 0 Å². The van der Waals surface area contributed by atoms with Crippen LogP contribution in [0.2, 0.25) is 0 Å². The second-order valence-electron chi connectivity index (χ2n) is 5.72. The number of ether oxygens (including phenoxy) is 1. The van der Waals surface area contributed by atoms with E-state index >= 15 is 0 Å². The Bertz CT molecular complexity index is 667. The van der Waals surface area contributed by atoms with Gasteiger partial charge in [0.25, 0.3) is 0 Å². The Morgan fingerprint density at radius 2 is 1.68 bits per heavy atom. The summed E-state index contributed by atoms with van der Waals surface area (Å²) < 4.78 is 44.8. The predicted octanol–water partition coefficient (Wildman–Crippen LogP) is 5.39. The van der Waals surface area contributed by atoms with Crippen molar-refractivity contribution >= 4 is 17.3 Å². The van der Waals surface area contributed by atoms with Gasteiger partial charge in [0.1, 0.15) is 15.4 Å². The molecular formula is C16H15F3O2S. The molecule has 118 valence electrons. The maximum absolute atomic E-state index is 13.2. The molecule has 0 bridgehead atoms. The number of hydrogen-bond acceptors (Lipinski definition) is 3. The Hall–Kier alpha value is -1.82. The molecule has 1 heterocycles. The Labute approximate surface area is 130 Å². The molecule has 0 N–H and O–H groups in total. The molecule has 0 fully saturated rings. The zero-order chi connectivity index (χ0) is 16.5. The molecule has 6 heteroatoms. The third-order valence-electron chi connectivity index (χ3n) is 2.67. The first-order chi connectivity index (χ1) is 10.1. The Morgan fingerprint density at radius 1 is 1.09 bits per heavy atom. The lowest BCUT2D eigenvalue weighted by atomic mass is 10.1. The smallest absolute Gasteiger partial charge is 0.426 e. The third-order valence-corrected chi connectivity index (χ3v) is 3.83. The average molecular weight is 328 g/mol. The van der Waals surface area contributed by atoms with Crippen molar-refractivity contribution in [2.24, 2.45) is 0 Å². The summed E-state index contributed by atoms with van der Waals surface area (Å²) in [4.78, 5) is 11.2. The molecule has 0 unspecified atom stereocenters. The van der Waals surface area contributed by atoms with Crippen LogP contribution < -0.4 is 0 Å². The topological polar surface area (TPSA) is 26.3 Å². The number of carbonyl (C=O) groups is 1. The average Bonchev–Trinajstić information content (AvgIpc) is 2.82. The number of carbonyl (C=O) groups excluding carboxylic acids is 1. The molecule has 0 radical (unpaired) electrons. The van der Waals surface area contributed by atoms with E-state index < -0.39 is 22.6 Å². The highest BCUT2D eigenvalue weighted by Crippen LogP contribution is 2.43. The lowest BCUT2D eigenvalue weighted by Gasteiger charge is -2.18. The fourth-order valence-electron chi connectivity index (χ4n) is 1.86. The van der Waals surface area contributed by atoms with Crippen molar-refractivity contribution in [1.29, 1.82) is 0 Å². The normalized spacial score (nSPS) is 12.3. The van der Waals surface area contributed by atoms with Gasteiger partial charge in [-0.1, -0.05) is 30.3 Å². The van der Waals surface area contributed by atoms with Gasteiger partial charge in [-0.3, -0.25) is 0 Å². The number of halogens is 3. The van der Waals surface area contributed by atoms with Crippen LogP contribution in [-0.2, 0) is 10.9 Å². The van der Waals surface area contributed by atoms with E-state index in [0.717, 1.165) is 0 Å². The minimum absolute atomic E-state index is 0.000964. The molecule has 0 atom stereocenters. The fraction of sp³-hybridized carbons (Fsp3) is 0.312. The SMILES string of the molecule is CC(C)(C)OC(=O)c1cc(-c2ccccc2)c(C(F)(F)F)s1.